The molecule has 0 atom stereocenters. The van der Waals surface area contributed by atoms with Crippen molar-refractivity contribution >= 4 is 17.5 Å². The molecule has 1 aliphatic rings. The lowest BCUT2D eigenvalue weighted by Gasteiger charge is -1.95. The van der Waals surface area contributed by atoms with Gasteiger partial charge in [-0.3, -0.25) is 15.3 Å². The fourth-order valence-corrected chi connectivity index (χ4v) is 1.49. The summed E-state index contributed by atoms with van der Waals surface area (Å²) >= 11 is 0. The van der Waals surface area contributed by atoms with E-state index in [2.05, 4.69) is 0 Å². The van der Waals surface area contributed by atoms with Crippen LogP contribution in [0.3, 0.4) is 0 Å². The van der Waals surface area contributed by atoms with Crippen LogP contribution < -0.4 is 0 Å². The first kappa shape index (κ1) is 11.1. The van der Waals surface area contributed by atoms with Gasteiger partial charge in [0, 0.05) is 29.5 Å². The van der Waals surface area contributed by atoms with Crippen LogP contribution in [-0.4, -0.2) is 22.1 Å². The number of nitro benzene ring substituents is 1. The molecule has 0 saturated carbocycles. The molecule has 1 aromatic rings. The number of hydrogen-bond acceptors (Lipinski definition) is 4. The molecule has 0 amide bonds. The molecule has 0 bridgehead atoms. The van der Waals surface area contributed by atoms with Gasteiger partial charge in [-0.2, -0.15) is 0 Å². The van der Waals surface area contributed by atoms with Gasteiger partial charge in [-0.25, -0.2) is 0 Å². The van der Waals surface area contributed by atoms with Crippen molar-refractivity contribution < 1.29 is 14.7 Å². The second-order valence-corrected chi connectivity index (χ2v) is 3.63. The number of hydrogen-bond donors (Lipinski definition) is 0. The first-order valence-electron chi connectivity index (χ1n) is 4.97. The molecule has 1 heterocycles. The quantitative estimate of drug-likeness (QED) is 0.444. The lowest BCUT2D eigenvalue weighted by Crippen LogP contribution is -2.02. The Hall–Kier alpha value is -2.37. The molecule has 88 valence electrons. The summed E-state index contributed by atoms with van der Waals surface area (Å²) in [6.07, 6.45) is 1.77. The third-order valence-electron chi connectivity index (χ3n) is 2.52. The summed E-state index contributed by atoms with van der Waals surface area (Å²) in [7, 11) is 0. The molecule has 0 N–H and O–H groups in total. The maximum atomic E-state index is 11.0. The van der Waals surface area contributed by atoms with Crippen LogP contribution in [0, 0.1) is 15.3 Å². The van der Waals surface area contributed by atoms with Gasteiger partial charge >= 0.3 is 0 Å². The van der Waals surface area contributed by atoms with E-state index in [9.17, 15) is 15.3 Å². The Balaban J connectivity index is 2.25. The lowest BCUT2D eigenvalue weighted by atomic mass is 10.1. The molecular formula is C11H10N2O4. The van der Waals surface area contributed by atoms with Crippen molar-refractivity contribution in [1.29, 1.82) is 0 Å². The number of rotatable bonds is 2. The molecule has 1 aliphatic heterocycles. The fourth-order valence-electron chi connectivity index (χ4n) is 1.49. The average Bonchev–Trinajstić information content (AvgIpc) is 2.62. The molecular weight excluding hydrogens is 224 g/mol. The molecule has 0 radical (unpaired) electrons. The lowest BCUT2D eigenvalue weighted by molar-refractivity contribution is -0.730. The Morgan fingerprint density at radius 1 is 1.41 bits per heavy atom. The number of non-ortho nitro benzene ring substituents is 1. The summed E-state index contributed by atoms with van der Waals surface area (Å²) in [6.45, 7) is 1.89. The molecule has 0 unspecified atom stereocenters. The van der Waals surface area contributed by atoms with Gasteiger partial charge in [0.1, 0.15) is 0 Å². The zero-order chi connectivity index (χ0) is 12.4. The highest BCUT2D eigenvalue weighted by atomic mass is 16.9. The Bertz CT molecular complexity index is 517. The standard InChI is InChI=1S/C11H10N2O4/c1-8-10(7-17-13(8)16)6-9-2-4-11(5-3-9)12(14)15/h2-6H,7H2,1H3/b10-6+. The monoisotopic (exact) mass is 234 g/mol. The van der Waals surface area contributed by atoms with E-state index in [0.717, 1.165) is 11.1 Å². The summed E-state index contributed by atoms with van der Waals surface area (Å²) in [5.74, 6) is 0. The second-order valence-electron chi connectivity index (χ2n) is 3.63. The van der Waals surface area contributed by atoms with Gasteiger partial charge in [0.05, 0.1) is 11.5 Å². The van der Waals surface area contributed by atoms with Crippen molar-refractivity contribution in [2.45, 2.75) is 6.92 Å². The van der Waals surface area contributed by atoms with Crippen molar-refractivity contribution in [2.75, 3.05) is 6.61 Å². The molecule has 6 heteroatoms. The summed E-state index contributed by atoms with van der Waals surface area (Å²) in [5.41, 5.74) is 2.11. The van der Waals surface area contributed by atoms with Crippen LogP contribution in [0.5, 0.6) is 0 Å². The molecule has 6 nitrogen and oxygen atoms in total. The minimum absolute atomic E-state index is 0.0426. The summed E-state index contributed by atoms with van der Waals surface area (Å²) in [6, 6.07) is 6.11. The Morgan fingerprint density at radius 2 is 2.06 bits per heavy atom. The smallest absolute Gasteiger partial charge is 0.269 e. The normalized spacial score (nSPS) is 17.4. The maximum absolute atomic E-state index is 11.0. The van der Waals surface area contributed by atoms with Gasteiger partial charge in [0.2, 0.25) is 5.71 Å². The largest absolute Gasteiger partial charge is 0.398 e. The van der Waals surface area contributed by atoms with Crippen LogP contribution >= 0.6 is 0 Å². The zero-order valence-electron chi connectivity index (χ0n) is 9.12. The minimum Gasteiger partial charge on any atom is -0.398 e. The molecule has 0 fully saturated rings. The first-order chi connectivity index (χ1) is 8.08. The van der Waals surface area contributed by atoms with Gasteiger partial charge in [-0.15, -0.1) is 0 Å². The summed E-state index contributed by atoms with van der Waals surface area (Å²) in [5, 5.41) is 21.5. The van der Waals surface area contributed by atoms with Crippen LogP contribution in [-0.2, 0) is 4.84 Å². The Labute approximate surface area is 97.1 Å². The third-order valence-corrected chi connectivity index (χ3v) is 2.52. The predicted molar refractivity (Wildman–Crippen MR) is 61.3 cm³/mol. The summed E-state index contributed by atoms with van der Waals surface area (Å²) in [4.78, 5) is 15.3. The van der Waals surface area contributed by atoms with Gasteiger partial charge in [-0.1, -0.05) is 0 Å². The van der Waals surface area contributed by atoms with E-state index in [4.69, 9.17) is 4.84 Å². The highest BCUT2D eigenvalue weighted by Gasteiger charge is 2.19. The molecule has 1 aromatic carbocycles. The molecule has 17 heavy (non-hydrogen) atoms. The molecule has 0 aromatic heterocycles. The minimum atomic E-state index is -0.452. The van der Waals surface area contributed by atoms with E-state index >= 15 is 0 Å². The maximum Gasteiger partial charge on any atom is 0.269 e. The van der Waals surface area contributed by atoms with E-state index in [1.54, 1.807) is 25.1 Å². The van der Waals surface area contributed by atoms with Crippen molar-refractivity contribution in [3.8, 4) is 0 Å². The third kappa shape index (κ3) is 2.25. The molecule has 2 rings (SSSR count). The van der Waals surface area contributed by atoms with Crippen LogP contribution in [0.2, 0.25) is 0 Å². The highest BCUT2D eigenvalue weighted by Crippen LogP contribution is 2.16. The van der Waals surface area contributed by atoms with Crippen molar-refractivity contribution in [1.82, 2.24) is 0 Å². The zero-order valence-corrected chi connectivity index (χ0v) is 9.12. The average molecular weight is 234 g/mol. The number of nitrogens with zero attached hydrogens (tertiary/aromatic N) is 2. The van der Waals surface area contributed by atoms with Crippen LogP contribution in [0.4, 0.5) is 5.69 Å². The fraction of sp³-hybridized carbons (Fsp3) is 0.182. The second kappa shape index (κ2) is 4.25. The van der Waals surface area contributed by atoms with Gasteiger partial charge < -0.3 is 4.84 Å². The van der Waals surface area contributed by atoms with E-state index < -0.39 is 4.92 Å². The van der Waals surface area contributed by atoms with Gasteiger partial charge in [-0.05, 0) is 23.8 Å². The summed E-state index contributed by atoms with van der Waals surface area (Å²) < 4.78 is 0. The molecule has 0 aliphatic carbocycles. The van der Waals surface area contributed by atoms with E-state index in [1.165, 1.54) is 12.1 Å². The van der Waals surface area contributed by atoms with Crippen molar-refractivity contribution in [2.24, 2.45) is 0 Å². The topological polar surface area (TPSA) is 78.4 Å². The van der Waals surface area contributed by atoms with E-state index in [-0.39, 0.29) is 12.3 Å². The van der Waals surface area contributed by atoms with Crippen molar-refractivity contribution in [3.05, 3.63) is 50.7 Å². The van der Waals surface area contributed by atoms with Gasteiger partial charge in [0.15, 0.2) is 0 Å². The number of nitro groups is 1. The predicted octanol–water partition coefficient (Wildman–Crippen LogP) is 1.89. The van der Waals surface area contributed by atoms with Crippen molar-refractivity contribution in [3.63, 3.8) is 0 Å². The van der Waals surface area contributed by atoms with Gasteiger partial charge in [0.25, 0.3) is 5.69 Å². The number of benzene rings is 1. The first-order valence-corrected chi connectivity index (χ1v) is 4.97. The van der Waals surface area contributed by atoms with E-state index in [1.807, 2.05) is 0 Å². The SMILES string of the molecule is CC1=[N+]([O-])OC/C1=C\c1ccc([N+](=O)[O-])cc1. The van der Waals surface area contributed by atoms with Crippen LogP contribution in [0.15, 0.2) is 29.8 Å². The van der Waals surface area contributed by atoms with Crippen LogP contribution in [0.25, 0.3) is 6.08 Å². The Kier molecular flexibility index (Phi) is 2.78. The van der Waals surface area contributed by atoms with E-state index in [0.29, 0.717) is 10.6 Å². The molecule has 0 spiro atoms. The molecule has 0 saturated heterocycles. The Morgan fingerprint density at radius 3 is 2.53 bits per heavy atom. The van der Waals surface area contributed by atoms with Crippen LogP contribution in [0.1, 0.15) is 12.5 Å². The highest BCUT2D eigenvalue weighted by molar-refractivity contribution is 5.99.